The summed E-state index contributed by atoms with van der Waals surface area (Å²) in [7, 11) is -2.03. The molecule has 8 heteroatoms. The first-order valence-corrected chi connectivity index (χ1v) is 14.5. The Morgan fingerprint density at radius 3 is 2.35 bits per heavy atom. The molecule has 4 rings (SSSR count). The van der Waals surface area contributed by atoms with E-state index >= 15 is 0 Å². The lowest BCUT2D eigenvalue weighted by Gasteiger charge is -2.38. The Kier molecular flexibility index (Phi) is 7.28. The molecule has 3 aliphatic carbocycles. The number of methoxy groups -OCH3 is 1. The summed E-state index contributed by atoms with van der Waals surface area (Å²) in [6, 6.07) is 0. The predicted octanol–water partition coefficient (Wildman–Crippen LogP) is 5.06. The van der Waals surface area contributed by atoms with Gasteiger partial charge in [0, 0.05) is 30.2 Å². The summed E-state index contributed by atoms with van der Waals surface area (Å²) in [5.41, 5.74) is 2.20. The number of carbonyl (C=O) groups excluding carboxylic acids is 2. The number of hydrogen-bond acceptors (Lipinski definition) is 7. The lowest BCUT2D eigenvalue weighted by atomic mass is 9.66. The van der Waals surface area contributed by atoms with Crippen LogP contribution in [0.1, 0.15) is 120 Å². The third-order valence-corrected chi connectivity index (χ3v) is 9.67. The number of ketones is 1. The first-order valence-electron chi connectivity index (χ1n) is 12.8. The van der Waals surface area contributed by atoms with Crippen molar-refractivity contribution in [2.45, 2.75) is 108 Å². The molecule has 0 bridgehead atoms. The van der Waals surface area contributed by atoms with Gasteiger partial charge < -0.3 is 9.26 Å². The number of sulfone groups is 1. The fourth-order valence-electron chi connectivity index (χ4n) is 5.51. The molecule has 0 aliphatic heterocycles. The Hall–Kier alpha value is -1.70. The Morgan fingerprint density at radius 1 is 1.12 bits per heavy atom. The quantitative estimate of drug-likeness (QED) is 0.375. The van der Waals surface area contributed by atoms with Crippen LogP contribution in [0.15, 0.2) is 4.52 Å². The number of carbonyl (C=O) groups is 2. The zero-order valence-electron chi connectivity index (χ0n) is 21.0. The SMILES string of the molecule is COC(=O)CC[C@@H](CC(=O)CS(=O)(=O)C1CC1)c1noc(C2CC(CC(C)(C)C)C2)c1C1CC1. The van der Waals surface area contributed by atoms with Gasteiger partial charge in [0.15, 0.2) is 9.84 Å². The fourth-order valence-corrected chi connectivity index (χ4v) is 7.17. The molecule has 0 radical (unpaired) electrons. The summed E-state index contributed by atoms with van der Waals surface area (Å²) >= 11 is 0. The molecule has 190 valence electrons. The van der Waals surface area contributed by atoms with E-state index < -0.39 is 15.6 Å². The second-order valence-electron chi connectivity index (χ2n) is 12.0. The van der Waals surface area contributed by atoms with Gasteiger partial charge in [0.25, 0.3) is 0 Å². The molecule has 1 atom stereocenters. The molecule has 0 spiro atoms. The Bertz CT molecular complexity index is 1010. The van der Waals surface area contributed by atoms with Crippen molar-refractivity contribution in [2.75, 3.05) is 12.9 Å². The van der Waals surface area contributed by atoms with E-state index in [0.29, 0.717) is 42.4 Å². The van der Waals surface area contributed by atoms with Crippen LogP contribution in [0.3, 0.4) is 0 Å². The summed E-state index contributed by atoms with van der Waals surface area (Å²) in [5.74, 6) is 0.997. The van der Waals surface area contributed by atoms with Crippen molar-refractivity contribution in [1.29, 1.82) is 0 Å². The van der Waals surface area contributed by atoms with Crippen LogP contribution in [0, 0.1) is 11.3 Å². The van der Waals surface area contributed by atoms with Crippen molar-refractivity contribution in [3.8, 4) is 0 Å². The first kappa shape index (κ1) is 25.4. The normalized spacial score (nSPS) is 23.9. The monoisotopic (exact) mass is 493 g/mol. The Balaban J connectivity index is 1.51. The van der Waals surface area contributed by atoms with Crippen molar-refractivity contribution in [2.24, 2.45) is 11.3 Å². The molecular formula is C26H39NO6S. The smallest absolute Gasteiger partial charge is 0.305 e. The minimum atomic E-state index is -3.37. The van der Waals surface area contributed by atoms with Crippen LogP contribution < -0.4 is 0 Å². The van der Waals surface area contributed by atoms with Crippen LogP contribution in [-0.4, -0.2) is 43.4 Å². The highest BCUT2D eigenvalue weighted by atomic mass is 32.2. The van der Waals surface area contributed by atoms with Crippen LogP contribution in [-0.2, 0) is 24.2 Å². The molecule has 0 amide bonds. The van der Waals surface area contributed by atoms with E-state index in [1.807, 2.05) is 0 Å². The standard InChI is InChI=1S/C26H39NO6S/c1-26(2,3)14-16-11-19(12-16)25-23(17-5-6-17)24(27-33-25)18(7-10-22(29)32-4)13-20(28)15-34(30,31)21-8-9-21/h16-19,21H,5-15H2,1-4H3/t16?,18-,19?/m0/s1. The lowest BCUT2D eigenvalue weighted by molar-refractivity contribution is -0.141. The third kappa shape index (κ3) is 6.29. The van der Waals surface area contributed by atoms with Gasteiger partial charge in [-0.2, -0.15) is 0 Å². The van der Waals surface area contributed by atoms with Crippen LogP contribution in [0.25, 0.3) is 0 Å². The number of rotatable bonds is 12. The molecule has 1 aromatic rings. The van der Waals surface area contributed by atoms with Gasteiger partial charge in [-0.05, 0) is 68.6 Å². The Morgan fingerprint density at radius 2 is 1.79 bits per heavy atom. The van der Waals surface area contributed by atoms with Crippen LogP contribution in [0.5, 0.6) is 0 Å². The third-order valence-electron chi connectivity index (χ3n) is 7.46. The molecular weight excluding hydrogens is 454 g/mol. The van der Waals surface area contributed by atoms with Gasteiger partial charge in [-0.15, -0.1) is 0 Å². The summed E-state index contributed by atoms with van der Waals surface area (Å²) in [6.07, 6.45) is 7.45. The van der Waals surface area contributed by atoms with E-state index in [2.05, 4.69) is 25.9 Å². The minimum absolute atomic E-state index is 0.0615. The fraction of sp³-hybridized carbons (Fsp3) is 0.808. The molecule has 0 aromatic carbocycles. The largest absolute Gasteiger partial charge is 0.469 e. The predicted molar refractivity (Wildman–Crippen MR) is 128 cm³/mol. The van der Waals surface area contributed by atoms with Crippen LogP contribution in [0.2, 0.25) is 0 Å². The number of nitrogens with zero attached hydrogens (tertiary/aromatic N) is 1. The topological polar surface area (TPSA) is 104 Å². The summed E-state index contributed by atoms with van der Waals surface area (Å²) in [6.45, 7) is 6.82. The highest BCUT2D eigenvalue weighted by Crippen LogP contribution is 2.53. The molecule has 34 heavy (non-hydrogen) atoms. The van der Waals surface area contributed by atoms with Crippen molar-refractivity contribution >= 4 is 21.6 Å². The van der Waals surface area contributed by atoms with Gasteiger partial charge in [-0.1, -0.05) is 25.9 Å². The highest BCUT2D eigenvalue weighted by molar-refractivity contribution is 7.93. The van der Waals surface area contributed by atoms with Crippen molar-refractivity contribution in [1.82, 2.24) is 5.16 Å². The van der Waals surface area contributed by atoms with Crippen LogP contribution >= 0.6 is 0 Å². The van der Waals surface area contributed by atoms with Gasteiger partial charge in [0.2, 0.25) is 0 Å². The molecule has 0 unspecified atom stereocenters. The average Bonchev–Trinajstić information content (AvgIpc) is 3.63. The average molecular weight is 494 g/mol. The molecule has 0 saturated heterocycles. The first-order chi connectivity index (χ1) is 16.0. The summed E-state index contributed by atoms with van der Waals surface area (Å²) in [5, 5.41) is 4.10. The molecule has 3 saturated carbocycles. The number of ether oxygens (including phenoxy) is 1. The summed E-state index contributed by atoms with van der Waals surface area (Å²) < 4.78 is 35.5. The second-order valence-corrected chi connectivity index (χ2v) is 14.3. The summed E-state index contributed by atoms with van der Waals surface area (Å²) in [4.78, 5) is 24.7. The molecule has 1 aromatic heterocycles. The maximum absolute atomic E-state index is 12.8. The zero-order chi connectivity index (χ0) is 24.7. The Labute approximate surface area is 203 Å². The number of esters is 1. The van der Waals surface area contributed by atoms with Gasteiger partial charge in [-0.3, -0.25) is 9.59 Å². The van der Waals surface area contributed by atoms with E-state index in [4.69, 9.17) is 9.26 Å². The van der Waals surface area contributed by atoms with E-state index in [1.54, 1.807) is 0 Å². The van der Waals surface area contributed by atoms with E-state index in [0.717, 1.165) is 42.7 Å². The molecule has 7 nitrogen and oxygen atoms in total. The minimum Gasteiger partial charge on any atom is -0.469 e. The maximum atomic E-state index is 12.8. The molecule has 3 aliphatic rings. The van der Waals surface area contributed by atoms with Gasteiger partial charge in [0.1, 0.15) is 17.3 Å². The lowest BCUT2D eigenvalue weighted by Crippen LogP contribution is -2.26. The van der Waals surface area contributed by atoms with Crippen molar-refractivity contribution < 1.29 is 27.3 Å². The number of hydrogen-bond donors (Lipinski definition) is 0. The van der Waals surface area contributed by atoms with E-state index in [-0.39, 0.29) is 35.8 Å². The number of Topliss-reactive ketones (excluding diaryl/α,β-unsaturated/α-hetero) is 1. The van der Waals surface area contributed by atoms with E-state index in [1.165, 1.54) is 13.5 Å². The zero-order valence-corrected chi connectivity index (χ0v) is 21.8. The molecule has 3 fully saturated rings. The van der Waals surface area contributed by atoms with Gasteiger partial charge in [0.05, 0.1) is 18.1 Å². The van der Waals surface area contributed by atoms with E-state index in [9.17, 15) is 18.0 Å². The maximum Gasteiger partial charge on any atom is 0.305 e. The molecule has 0 N–H and O–H groups in total. The van der Waals surface area contributed by atoms with Crippen molar-refractivity contribution in [3.05, 3.63) is 17.0 Å². The van der Waals surface area contributed by atoms with Gasteiger partial charge in [-0.25, -0.2) is 8.42 Å². The van der Waals surface area contributed by atoms with Crippen LogP contribution in [0.4, 0.5) is 0 Å². The second kappa shape index (κ2) is 9.75. The van der Waals surface area contributed by atoms with Gasteiger partial charge >= 0.3 is 5.97 Å². The van der Waals surface area contributed by atoms with Crippen molar-refractivity contribution in [3.63, 3.8) is 0 Å². The molecule has 1 heterocycles. The highest BCUT2D eigenvalue weighted by Gasteiger charge is 2.43. The number of aromatic nitrogens is 1.